The van der Waals surface area contributed by atoms with Gasteiger partial charge in [-0.25, -0.2) is 0 Å². The van der Waals surface area contributed by atoms with Crippen molar-refractivity contribution in [2.24, 2.45) is 0 Å². The molecule has 0 aliphatic rings. The van der Waals surface area contributed by atoms with Crippen LogP contribution in [0.2, 0.25) is 0 Å². The molecule has 0 bridgehead atoms. The minimum absolute atomic E-state index is 0.0378. The van der Waals surface area contributed by atoms with Crippen molar-refractivity contribution in [3.8, 4) is 0 Å². The molecule has 17 heavy (non-hydrogen) atoms. The Balaban J connectivity index is 2.35. The van der Waals surface area contributed by atoms with Crippen molar-refractivity contribution in [2.75, 3.05) is 19.0 Å². The highest BCUT2D eigenvalue weighted by Gasteiger charge is 2.24. The van der Waals surface area contributed by atoms with Gasteiger partial charge in [0.25, 0.3) is 4.96 Å². The summed E-state index contributed by atoms with van der Waals surface area (Å²) in [5, 5.41) is 15.8. The molecule has 92 valence electrons. The number of thiazole rings is 1. The number of nitrogens with zero attached hydrogens (tertiary/aromatic N) is 3. The Morgan fingerprint density at radius 2 is 2.53 bits per heavy atom. The van der Waals surface area contributed by atoms with Gasteiger partial charge < -0.3 is 20.2 Å². The molecule has 0 unspecified atom stereocenters. The Morgan fingerprint density at radius 1 is 1.76 bits per heavy atom. The number of rotatable bonds is 5. The summed E-state index contributed by atoms with van der Waals surface area (Å²) in [4.78, 5) is 15.4. The van der Waals surface area contributed by atoms with Crippen LogP contribution in [0.1, 0.15) is 6.92 Å². The molecule has 0 fully saturated rings. The van der Waals surface area contributed by atoms with E-state index in [9.17, 15) is 10.1 Å². The average molecular weight is 256 g/mol. The zero-order valence-corrected chi connectivity index (χ0v) is 10.2. The van der Waals surface area contributed by atoms with Gasteiger partial charge in [0.2, 0.25) is 5.82 Å². The highest BCUT2D eigenvalue weighted by atomic mass is 32.1. The van der Waals surface area contributed by atoms with Crippen molar-refractivity contribution < 1.29 is 9.66 Å². The Bertz CT molecular complexity index is 535. The van der Waals surface area contributed by atoms with E-state index in [0.717, 1.165) is 0 Å². The smallest absolute Gasteiger partial charge is 0.372 e. The normalized spacial score (nSPS) is 12.8. The molecule has 0 radical (unpaired) electrons. The summed E-state index contributed by atoms with van der Waals surface area (Å²) in [6, 6.07) is -0.0386. The summed E-state index contributed by atoms with van der Waals surface area (Å²) in [6.07, 6.45) is 1.64. The van der Waals surface area contributed by atoms with E-state index in [2.05, 4.69) is 10.3 Å². The molecule has 0 aromatic carbocycles. The van der Waals surface area contributed by atoms with Crippen LogP contribution in [0.15, 0.2) is 11.6 Å². The summed E-state index contributed by atoms with van der Waals surface area (Å²) in [5.74, 6) is 0.246. The van der Waals surface area contributed by atoms with Gasteiger partial charge in [-0.1, -0.05) is 11.3 Å². The van der Waals surface area contributed by atoms with E-state index < -0.39 is 4.92 Å². The number of methoxy groups -OCH3 is 1. The van der Waals surface area contributed by atoms with E-state index in [1.165, 1.54) is 15.7 Å². The first-order chi connectivity index (χ1) is 8.13. The molecule has 2 heterocycles. The average Bonchev–Trinajstić information content (AvgIpc) is 2.76. The molecule has 2 aromatic rings. The number of aromatic nitrogens is 2. The first kappa shape index (κ1) is 11.8. The molecule has 0 aliphatic carbocycles. The number of nitro groups is 1. The third kappa shape index (κ3) is 2.22. The lowest BCUT2D eigenvalue weighted by molar-refractivity contribution is -0.389. The van der Waals surface area contributed by atoms with Gasteiger partial charge in [-0.05, 0) is 11.8 Å². The molecule has 0 aliphatic heterocycles. The molecular weight excluding hydrogens is 244 g/mol. The van der Waals surface area contributed by atoms with Gasteiger partial charge in [0.15, 0.2) is 0 Å². The second kappa shape index (κ2) is 4.68. The molecule has 0 saturated carbocycles. The van der Waals surface area contributed by atoms with Crippen LogP contribution in [0, 0.1) is 10.1 Å². The van der Waals surface area contributed by atoms with Crippen molar-refractivity contribution in [3.63, 3.8) is 0 Å². The van der Waals surface area contributed by atoms with Crippen molar-refractivity contribution in [2.45, 2.75) is 13.0 Å². The molecule has 1 atom stereocenters. The van der Waals surface area contributed by atoms with E-state index in [1.807, 2.05) is 6.92 Å². The maximum atomic E-state index is 11.0. The first-order valence-electron chi connectivity index (χ1n) is 4.99. The first-order valence-corrected chi connectivity index (χ1v) is 5.87. The van der Waals surface area contributed by atoms with Crippen LogP contribution in [0.4, 0.5) is 11.6 Å². The standard InChI is InChI=1S/C9H12N4O3S/c1-6(5-16-2)10-7-8(13(14)15)12-3-4-17-9(12)11-7/h3-4,6,10H,5H2,1-2H3/t6-/m0/s1. The van der Waals surface area contributed by atoms with E-state index in [1.54, 1.807) is 18.7 Å². The Labute approximate surface area is 101 Å². The van der Waals surface area contributed by atoms with Gasteiger partial charge in [-0.15, -0.1) is 0 Å². The van der Waals surface area contributed by atoms with Crippen LogP contribution in [0.5, 0.6) is 0 Å². The Morgan fingerprint density at radius 3 is 3.18 bits per heavy atom. The molecule has 1 N–H and O–H groups in total. The predicted molar refractivity (Wildman–Crippen MR) is 64.7 cm³/mol. The zero-order chi connectivity index (χ0) is 12.4. The van der Waals surface area contributed by atoms with Crippen molar-refractivity contribution in [1.29, 1.82) is 0 Å². The van der Waals surface area contributed by atoms with Crippen LogP contribution in [0.3, 0.4) is 0 Å². The summed E-state index contributed by atoms with van der Waals surface area (Å²) in [5.41, 5.74) is 0. The van der Waals surface area contributed by atoms with Crippen LogP contribution in [-0.2, 0) is 4.74 Å². The molecule has 2 rings (SSSR count). The van der Waals surface area contributed by atoms with E-state index in [0.29, 0.717) is 11.6 Å². The number of imidazole rings is 1. The third-order valence-corrected chi connectivity index (χ3v) is 2.97. The van der Waals surface area contributed by atoms with Crippen LogP contribution in [0.25, 0.3) is 4.96 Å². The second-order valence-electron chi connectivity index (χ2n) is 3.60. The minimum atomic E-state index is -0.436. The summed E-state index contributed by atoms with van der Waals surface area (Å²) in [7, 11) is 1.58. The van der Waals surface area contributed by atoms with Gasteiger partial charge >= 0.3 is 5.82 Å². The van der Waals surface area contributed by atoms with Gasteiger partial charge in [-0.3, -0.25) is 0 Å². The fourth-order valence-electron chi connectivity index (χ4n) is 1.57. The molecule has 0 saturated heterocycles. The van der Waals surface area contributed by atoms with Crippen molar-refractivity contribution >= 4 is 27.9 Å². The van der Waals surface area contributed by atoms with Gasteiger partial charge in [0.05, 0.1) is 6.61 Å². The zero-order valence-electron chi connectivity index (χ0n) is 9.41. The molecular formula is C9H12N4O3S. The van der Waals surface area contributed by atoms with Crippen LogP contribution in [-0.4, -0.2) is 34.1 Å². The van der Waals surface area contributed by atoms with Gasteiger partial charge in [0, 0.05) is 18.5 Å². The fraction of sp³-hybridized carbons (Fsp3) is 0.444. The highest BCUT2D eigenvalue weighted by Crippen LogP contribution is 2.28. The third-order valence-electron chi connectivity index (χ3n) is 2.21. The van der Waals surface area contributed by atoms with E-state index in [4.69, 9.17) is 4.74 Å². The Hall–Kier alpha value is -1.67. The number of hydrogen-bond acceptors (Lipinski definition) is 6. The summed E-state index contributed by atoms with van der Waals surface area (Å²) >= 11 is 1.36. The quantitative estimate of drug-likeness (QED) is 0.651. The molecule has 2 aromatic heterocycles. The molecule has 8 heteroatoms. The Kier molecular flexibility index (Phi) is 3.25. The summed E-state index contributed by atoms with van der Waals surface area (Å²) < 4.78 is 6.43. The van der Waals surface area contributed by atoms with E-state index >= 15 is 0 Å². The number of hydrogen-bond donors (Lipinski definition) is 1. The molecule has 0 amide bonds. The lowest BCUT2D eigenvalue weighted by atomic mass is 10.3. The van der Waals surface area contributed by atoms with Crippen LogP contribution >= 0.6 is 11.3 Å². The number of anilines is 1. The minimum Gasteiger partial charge on any atom is -0.383 e. The van der Waals surface area contributed by atoms with Gasteiger partial charge in [0.1, 0.15) is 6.20 Å². The largest absolute Gasteiger partial charge is 0.383 e. The second-order valence-corrected chi connectivity index (χ2v) is 4.47. The SMILES string of the molecule is COC[C@H](C)Nc1nc2sccn2c1[N+](=O)[O-]. The number of nitrogens with one attached hydrogen (secondary N) is 1. The monoisotopic (exact) mass is 256 g/mol. The highest BCUT2D eigenvalue weighted by molar-refractivity contribution is 7.15. The van der Waals surface area contributed by atoms with E-state index in [-0.39, 0.29) is 17.7 Å². The topological polar surface area (TPSA) is 81.7 Å². The van der Waals surface area contributed by atoms with Gasteiger partial charge in [-0.2, -0.15) is 9.38 Å². The van der Waals surface area contributed by atoms with Crippen molar-refractivity contribution in [3.05, 3.63) is 21.7 Å². The van der Waals surface area contributed by atoms with Crippen LogP contribution < -0.4 is 5.32 Å². The predicted octanol–water partition coefficient (Wildman–Crippen LogP) is 1.75. The maximum absolute atomic E-state index is 11.0. The maximum Gasteiger partial charge on any atom is 0.372 e. The molecule has 0 spiro atoms. The number of fused-ring (bicyclic) bond motifs is 1. The fourth-order valence-corrected chi connectivity index (χ4v) is 2.28. The lowest BCUT2D eigenvalue weighted by Gasteiger charge is -2.11. The summed E-state index contributed by atoms with van der Waals surface area (Å²) in [6.45, 7) is 2.34. The van der Waals surface area contributed by atoms with Crippen molar-refractivity contribution in [1.82, 2.24) is 9.38 Å². The lowest BCUT2D eigenvalue weighted by Crippen LogP contribution is -2.21. The molecule has 7 nitrogen and oxygen atoms in total. The number of ether oxygens (including phenoxy) is 1.